The van der Waals surface area contributed by atoms with Gasteiger partial charge in [0.05, 0.1) is 0 Å². The van der Waals surface area contributed by atoms with Gasteiger partial charge in [0.15, 0.2) is 0 Å². The fraction of sp³-hybridized carbons (Fsp3) is 0.185. The number of fused-ring (bicyclic) bond motifs is 1. The van der Waals surface area contributed by atoms with Gasteiger partial charge in [0.1, 0.15) is 7.28 Å². The average molecular weight is 745 g/mol. The first-order valence-electron chi connectivity index (χ1n) is 20.5. The molecular weight excluding hydrogens is 687 g/mol. The first kappa shape index (κ1) is 40.6. The third-order valence-corrected chi connectivity index (χ3v) is 11.2. The van der Waals surface area contributed by atoms with Crippen molar-refractivity contribution in [2.45, 2.75) is 53.3 Å². The van der Waals surface area contributed by atoms with Gasteiger partial charge in [-0.15, -0.1) is 5.98 Å². The van der Waals surface area contributed by atoms with Gasteiger partial charge in [-0.2, -0.15) is 0 Å². The molecule has 3 heteroatoms. The van der Waals surface area contributed by atoms with Crippen molar-refractivity contribution < 1.29 is 0 Å². The highest BCUT2D eigenvalue weighted by Crippen LogP contribution is 2.42. The second kappa shape index (κ2) is 19.7. The van der Waals surface area contributed by atoms with E-state index in [4.69, 9.17) is 0 Å². The van der Waals surface area contributed by atoms with Gasteiger partial charge in [-0.1, -0.05) is 179 Å². The summed E-state index contributed by atoms with van der Waals surface area (Å²) < 4.78 is 0. The van der Waals surface area contributed by atoms with E-state index in [1.165, 1.54) is 39.1 Å². The topological polar surface area (TPSA) is 15.3 Å². The van der Waals surface area contributed by atoms with Crippen molar-refractivity contribution in [2.24, 2.45) is 5.41 Å². The molecule has 0 spiro atoms. The van der Waals surface area contributed by atoms with Gasteiger partial charge < -0.3 is 10.2 Å². The predicted octanol–water partition coefficient (Wildman–Crippen LogP) is 14.2. The molecule has 57 heavy (non-hydrogen) atoms. The van der Waals surface area contributed by atoms with E-state index < -0.39 is 0 Å². The molecule has 6 rings (SSSR count). The largest absolute Gasteiger partial charge is 0.355 e. The molecule has 0 atom stereocenters. The van der Waals surface area contributed by atoms with Crippen molar-refractivity contribution >= 4 is 24.7 Å². The molecule has 2 nitrogen and oxygen atoms in total. The molecule has 0 aromatic heterocycles. The molecule has 0 saturated carbocycles. The Balaban J connectivity index is 1.57. The third-order valence-electron chi connectivity index (χ3n) is 11.2. The molecule has 286 valence electrons. The van der Waals surface area contributed by atoms with Crippen LogP contribution in [0, 0.1) is 5.41 Å². The van der Waals surface area contributed by atoms with Crippen molar-refractivity contribution in [3.05, 3.63) is 222 Å². The lowest BCUT2D eigenvalue weighted by molar-refractivity contribution is 0.554. The third kappa shape index (κ3) is 10.4. The normalized spacial score (nSPS) is 18.2. The molecule has 1 N–H and O–H groups in total. The van der Waals surface area contributed by atoms with Gasteiger partial charge >= 0.3 is 0 Å². The smallest absolute Gasteiger partial charge is 0.146 e. The fourth-order valence-electron chi connectivity index (χ4n) is 7.24. The number of para-hydroxylation sites is 1. The van der Waals surface area contributed by atoms with Crippen LogP contribution in [0.3, 0.4) is 0 Å². The molecule has 2 aliphatic rings. The van der Waals surface area contributed by atoms with E-state index in [2.05, 4.69) is 221 Å². The Kier molecular flexibility index (Phi) is 14.0. The summed E-state index contributed by atoms with van der Waals surface area (Å²) in [5.41, 5.74) is 15.0. The lowest BCUT2D eigenvalue weighted by atomic mass is 9.78. The van der Waals surface area contributed by atoms with Gasteiger partial charge in [-0.3, -0.25) is 0 Å². The second-order valence-corrected chi connectivity index (χ2v) is 15.3. The minimum absolute atomic E-state index is 0.166. The minimum Gasteiger partial charge on any atom is -0.355 e. The van der Waals surface area contributed by atoms with Crippen molar-refractivity contribution in [1.82, 2.24) is 0 Å². The van der Waals surface area contributed by atoms with E-state index in [0.717, 1.165) is 73.2 Å². The SMILES string of the molecule is C=C/C(=C\C(=C/Cc1ccccc1)Nc1ccccc1-c1cc(-c2ccccc2)cc2c1/C=C\C=C(/C)C(C)(C)C(=C)/C=C\CCN2/C=C\BC)C1=CC=CCC1. The van der Waals surface area contributed by atoms with Crippen LogP contribution >= 0.6 is 0 Å². The van der Waals surface area contributed by atoms with Gasteiger partial charge in [0.2, 0.25) is 0 Å². The molecule has 1 aliphatic carbocycles. The maximum absolute atomic E-state index is 4.48. The number of hydrogen-bond donors (Lipinski definition) is 1. The molecule has 1 aliphatic heterocycles. The Morgan fingerprint density at radius 3 is 2.33 bits per heavy atom. The molecule has 0 unspecified atom stereocenters. The summed E-state index contributed by atoms with van der Waals surface area (Å²) in [5, 5.41) is 3.94. The van der Waals surface area contributed by atoms with Crippen molar-refractivity contribution in [3.63, 3.8) is 0 Å². The summed E-state index contributed by atoms with van der Waals surface area (Å²) in [6.07, 6.45) is 30.4. The summed E-state index contributed by atoms with van der Waals surface area (Å²) in [4.78, 5) is 2.43. The molecule has 0 amide bonds. The highest BCUT2D eigenvalue weighted by Gasteiger charge is 2.23. The van der Waals surface area contributed by atoms with Crippen molar-refractivity contribution in [3.8, 4) is 22.3 Å². The number of nitrogens with zero attached hydrogens (tertiary/aromatic N) is 1. The van der Waals surface area contributed by atoms with Crippen LogP contribution in [0.1, 0.15) is 51.2 Å². The first-order valence-corrected chi connectivity index (χ1v) is 20.5. The van der Waals surface area contributed by atoms with E-state index in [9.17, 15) is 0 Å². The Morgan fingerprint density at radius 1 is 0.842 bits per heavy atom. The first-order chi connectivity index (χ1) is 27.8. The fourth-order valence-corrected chi connectivity index (χ4v) is 7.24. The van der Waals surface area contributed by atoms with Crippen LogP contribution in [0.5, 0.6) is 0 Å². The van der Waals surface area contributed by atoms with Gasteiger partial charge in [0.25, 0.3) is 0 Å². The van der Waals surface area contributed by atoms with Gasteiger partial charge in [-0.05, 0) is 102 Å². The predicted molar refractivity (Wildman–Crippen MR) is 253 cm³/mol. The molecule has 4 aromatic carbocycles. The summed E-state index contributed by atoms with van der Waals surface area (Å²) in [6.45, 7) is 18.5. The standard InChI is InChI=1S/C54H57BN2/c1-7-44(45-26-13-9-14-27-45)38-48(34-33-43-24-11-8-12-25-43)56-52-32-18-17-30-49(52)51-39-47(46-28-15-10-16-29-46)40-53-50(51)31-21-23-42(3)54(4,5)41(2)22-19-20-36-57(53)37-35-55-6/h7-13,15-19,21-26,28-32,34-35,37-40,55-56H,1-2,14,20,27,33,36H2,3-6H3/b22-19-,31-21-,37-35-,42-23+,44-38+,48-34+. The van der Waals surface area contributed by atoms with Gasteiger partial charge in [-0.25, -0.2) is 0 Å². The highest BCUT2D eigenvalue weighted by atomic mass is 15.1. The summed E-state index contributed by atoms with van der Waals surface area (Å²) in [5.74, 6) is 2.26. The lowest BCUT2D eigenvalue weighted by Gasteiger charge is -2.27. The van der Waals surface area contributed by atoms with E-state index in [1.807, 2.05) is 6.08 Å². The molecule has 0 radical (unpaired) electrons. The number of allylic oxidation sites excluding steroid dienone is 13. The number of hydrogen-bond acceptors (Lipinski definition) is 2. The van der Waals surface area contributed by atoms with E-state index in [0.29, 0.717) is 0 Å². The van der Waals surface area contributed by atoms with Crippen molar-refractivity contribution in [2.75, 3.05) is 16.8 Å². The van der Waals surface area contributed by atoms with Gasteiger partial charge in [0, 0.05) is 40.2 Å². The maximum atomic E-state index is 4.48. The Morgan fingerprint density at radius 2 is 1.60 bits per heavy atom. The van der Waals surface area contributed by atoms with Crippen LogP contribution in [0.25, 0.3) is 28.3 Å². The van der Waals surface area contributed by atoms with Crippen LogP contribution in [0.4, 0.5) is 11.4 Å². The van der Waals surface area contributed by atoms with Crippen LogP contribution in [-0.4, -0.2) is 13.8 Å². The Hall–Kier alpha value is -6.06. The highest BCUT2D eigenvalue weighted by molar-refractivity contribution is 6.40. The van der Waals surface area contributed by atoms with Crippen LogP contribution in [0.15, 0.2) is 211 Å². The molecule has 0 fully saturated rings. The summed E-state index contributed by atoms with van der Waals surface area (Å²) >= 11 is 0. The van der Waals surface area contributed by atoms with Crippen LogP contribution in [0.2, 0.25) is 6.82 Å². The molecule has 0 bridgehead atoms. The minimum atomic E-state index is -0.166. The van der Waals surface area contributed by atoms with E-state index >= 15 is 0 Å². The van der Waals surface area contributed by atoms with E-state index in [1.54, 1.807) is 0 Å². The van der Waals surface area contributed by atoms with E-state index in [-0.39, 0.29) is 5.41 Å². The monoisotopic (exact) mass is 744 g/mol. The average Bonchev–Trinajstić information content (AvgIpc) is 3.25. The number of anilines is 2. The maximum Gasteiger partial charge on any atom is 0.146 e. The summed E-state index contributed by atoms with van der Waals surface area (Å²) in [7, 11) is 0.952. The van der Waals surface area contributed by atoms with Crippen LogP contribution < -0.4 is 10.2 Å². The zero-order chi connectivity index (χ0) is 40.0. The zero-order valence-corrected chi connectivity index (χ0v) is 34.3. The van der Waals surface area contributed by atoms with Crippen molar-refractivity contribution in [1.29, 1.82) is 0 Å². The Bertz CT molecular complexity index is 2290. The number of nitrogens with one attached hydrogen (secondary N) is 1. The summed E-state index contributed by atoms with van der Waals surface area (Å²) in [6, 6.07) is 34.9. The number of rotatable bonds is 11. The molecular formula is C54H57BN2. The molecule has 1 heterocycles. The molecule has 4 aromatic rings. The Labute approximate surface area is 343 Å². The molecule has 0 saturated heterocycles. The quantitative estimate of drug-likeness (QED) is 0.122. The second-order valence-electron chi connectivity index (χ2n) is 15.3. The zero-order valence-electron chi connectivity index (χ0n) is 34.3. The van der Waals surface area contributed by atoms with Crippen LogP contribution in [-0.2, 0) is 6.42 Å². The number of benzene rings is 4. The lowest BCUT2D eigenvalue weighted by Crippen LogP contribution is -2.19.